The quantitative estimate of drug-likeness (QED) is 0.343. The first-order chi connectivity index (χ1) is 15.2. The van der Waals surface area contributed by atoms with E-state index in [4.69, 9.17) is 9.47 Å². The van der Waals surface area contributed by atoms with E-state index in [1.54, 1.807) is 12.1 Å². The van der Waals surface area contributed by atoms with Crippen molar-refractivity contribution in [2.75, 3.05) is 13.2 Å². The summed E-state index contributed by atoms with van der Waals surface area (Å²) in [6.45, 7) is 2.92. The second-order valence-electron chi connectivity index (χ2n) is 8.07. The van der Waals surface area contributed by atoms with Gasteiger partial charge in [-0.1, -0.05) is 36.3 Å². The normalized spacial score (nSPS) is 13.6. The number of rotatable bonds is 10. The fourth-order valence-corrected chi connectivity index (χ4v) is 4.12. The molecule has 0 aromatic heterocycles. The van der Waals surface area contributed by atoms with Gasteiger partial charge in [-0.3, -0.25) is 4.79 Å². The Hall–Kier alpha value is -2.75. The van der Waals surface area contributed by atoms with Crippen molar-refractivity contribution in [3.8, 4) is 11.5 Å². The molecule has 0 aliphatic heterocycles. The number of allylic oxidation sites excluding steroid dienone is 1. The Morgan fingerprint density at radius 3 is 2.16 bits per heavy atom. The predicted molar refractivity (Wildman–Crippen MR) is 124 cm³/mol. The number of carbonyl (C=O) groups excluding carboxylic acids is 1. The third-order valence-corrected chi connectivity index (χ3v) is 5.71. The Labute approximate surface area is 185 Å². The molecule has 166 valence electrons. The molecule has 4 heteroatoms. The molecule has 1 aliphatic rings. The largest absolute Gasteiger partial charge is 0.508 e. The third-order valence-electron chi connectivity index (χ3n) is 5.71. The minimum atomic E-state index is -0.115. The fraction of sp³-hybridized carbons (Fsp3) is 0.444. The van der Waals surface area contributed by atoms with Crippen molar-refractivity contribution in [1.29, 1.82) is 0 Å². The van der Waals surface area contributed by atoms with Gasteiger partial charge in [0.2, 0.25) is 0 Å². The van der Waals surface area contributed by atoms with Gasteiger partial charge in [-0.2, -0.15) is 0 Å². The molecule has 0 bridgehead atoms. The SMILES string of the molecule is CCOC(=O)CCCCCOc1ccc(C(=C2CCCCC2)c2ccc(O)cc2)cc1. The van der Waals surface area contributed by atoms with Crippen LogP contribution in [-0.4, -0.2) is 24.3 Å². The first-order valence-electron chi connectivity index (χ1n) is 11.6. The summed E-state index contributed by atoms with van der Waals surface area (Å²) in [5.41, 5.74) is 5.16. The molecule has 1 N–H and O–H groups in total. The Morgan fingerprint density at radius 1 is 0.871 bits per heavy atom. The van der Waals surface area contributed by atoms with Crippen LogP contribution in [0.2, 0.25) is 0 Å². The summed E-state index contributed by atoms with van der Waals surface area (Å²) in [5.74, 6) is 1.05. The zero-order valence-electron chi connectivity index (χ0n) is 18.6. The van der Waals surface area contributed by atoms with Crippen LogP contribution in [-0.2, 0) is 9.53 Å². The third kappa shape index (κ3) is 7.16. The van der Waals surface area contributed by atoms with E-state index in [2.05, 4.69) is 12.1 Å². The zero-order valence-corrected chi connectivity index (χ0v) is 18.6. The molecule has 2 aromatic rings. The van der Waals surface area contributed by atoms with E-state index >= 15 is 0 Å². The molecular weight excluding hydrogens is 388 g/mol. The van der Waals surface area contributed by atoms with E-state index in [1.165, 1.54) is 36.0 Å². The summed E-state index contributed by atoms with van der Waals surface area (Å²) in [5, 5.41) is 9.69. The zero-order chi connectivity index (χ0) is 21.9. The molecule has 2 aromatic carbocycles. The molecule has 1 aliphatic carbocycles. The number of benzene rings is 2. The molecule has 0 saturated heterocycles. The van der Waals surface area contributed by atoms with Crippen molar-refractivity contribution in [1.82, 2.24) is 0 Å². The van der Waals surface area contributed by atoms with Gasteiger partial charge in [0.1, 0.15) is 11.5 Å². The van der Waals surface area contributed by atoms with Crippen LogP contribution in [0.3, 0.4) is 0 Å². The summed E-state index contributed by atoms with van der Waals surface area (Å²) in [6.07, 6.45) is 9.27. The van der Waals surface area contributed by atoms with Crippen LogP contribution in [0.25, 0.3) is 5.57 Å². The second kappa shape index (κ2) is 12.2. The van der Waals surface area contributed by atoms with Gasteiger partial charge in [-0.15, -0.1) is 0 Å². The highest BCUT2D eigenvalue weighted by atomic mass is 16.5. The Balaban J connectivity index is 1.59. The van der Waals surface area contributed by atoms with E-state index in [-0.39, 0.29) is 5.97 Å². The lowest BCUT2D eigenvalue weighted by Crippen LogP contribution is -2.04. The number of ether oxygens (including phenoxy) is 2. The summed E-state index contributed by atoms with van der Waals surface area (Å²) in [6, 6.07) is 15.9. The highest BCUT2D eigenvalue weighted by Crippen LogP contribution is 2.36. The molecule has 0 spiro atoms. The Morgan fingerprint density at radius 2 is 1.52 bits per heavy atom. The molecule has 3 rings (SSSR count). The predicted octanol–water partition coefficient (Wildman–Crippen LogP) is 6.66. The van der Waals surface area contributed by atoms with Crippen molar-refractivity contribution in [3.05, 3.63) is 65.2 Å². The van der Waals surface area contributed by atoms with Crippen molar-refractivity contribution in [3.63, 3.8) is 0 Å². The molecule has 4 nitrogen and oxygen atoms in total. The number of phenols is 1. The molecule has 31 heavy (non-hydrogen) atoms. The standard InChI is InChI=1S/C27H34O4/c1-2-30-26(29)11-7-4-8-20-31-25-18-14-23(15-19-25)27(21-9-5-3-6-10-21)22-12-16-24(28)17-13-22/h12-19,28H,2-11,20H2,1H3. The van der Waals surface area contributed by atoms with Gasteiger partial charge in [0.15, 0.2) is 0 Å². The van der Waals surface area contributed by atoms with Crippen molar-refractivity contribution < 1.29 is 19.4 Å². The van der Waals surface area contributed by atoms with Gasteiger partial charge in [-0.05, 0) is 92.8 Å². The van der Waals surface area contributed by atoms with Gasteiger partial charge < -0.3 is 14.6 Å². The van der Waals surface area contributed by atoms with Crippen LogP contribution in [0, 0.1) is 0 Å². The molecular formula is C27H34O4. The Bertz CT molecular complexity index is 842. The number of esters is 1. The summed E-state index contributed by atoms with van der Waals surface area (Å²) in [7, 11) is 0. The molecule has 1 fully saturated rings. The molecule has 0 radical (unpaired) electrons. The van der Waals surface area contributed by atoms with E-state index in [0.717, 1.165) is 43.4 Å². The van der Waals surface area contributed by atoms with E-state index in [0.29, 0.717) is 25.4 Å². The topological polar surface area (TPSA) is 55.8 Å². The van der Waals surface area contributed by atoms with Crippen LogP contribution < -0.4 is 4.74 Å². The van der Waals surface area contributed by atoms with Crippen LogP contribution in [0.1, 0.15) is 75.8 Å². The lowest BCUT2D eigenvalue weighted by Gasteiger charge is -2.20. The maximum absolute atomic E-state index is 11.3. The summed E-state index contributed by atoms with van der Waals surface area (Å²) >= 11 is 0. The number of unbranched alkanes of at least 4 members (excludes halogenated alkanes) is 2. The molecule has 0 unspecified atom stereocenters. The second-order valence-corrected chi connectivity index (χ2v) is 8.07. The maximum atomic E-state index is 11.3. The molecule has 0 heterocycles. The first-order valence-corrected chi connectivity index (χ1v) is 11.6. The van der Waals surface area contributed by atoms with E-state index in [9.17, 15) is 9.90 Å². The van der Waals surface area contributed by atoms with Gasteiger partial charge in [0.05, 0.1) is 13.2 Å². The lowest BCUT2D eigenvalue weighted by atomic mass is 9.85. The summed E-state index contributed by atoms with van der Waals surface area (Å²) in [4.78, 5) is 11.3. The van der Waals surface area contributed by atoms with Gasteiger partial charge >= 0.3 is 5.97 Å². The molecule has 0 atom stereocenters. The van der Waals surface area contributed by atoms with Crippen molar-refractivity contribution >= 4 is 11.5 Å². The average molecular weight is 423 g/mol. The first kappa shape index (κ1) is 22.9. The smallest absolute Gasteiger partial charge is 0.305 e. The number of hydrogen-bond acceptors (Lipinski definition) is 4. The lowest BCUT2D eigenvalue weighted by molar-refractivity contribution is -0.143. The number of hydrogen-bond donors (Lipinski definition) is 1. The van der Waals surface area contributed by atoms with Crippen LogP contribution in [0.4, 0.5) is 0 Å². The van der Waals surface area contributed by atoms with Gasteiger partial charge in [-0.25, -0.2) is 0 Å². The van der Waals surface area contributed by atoms with Crippen LogP contribution in [0.15, 0.2) is 54.1 Å². The number of aromatic hydroxyl groups is 1. The number of phenolic OH excluding ortho intramolecular Hbond substituents is 1. The van der Waals surface area contributed by atoms with E-state index in [1.807, 2.05) is 31.2 Å². The monoisotopic (exact) mass is 422 g/mol. The minimum Gasteiger partial charge on any atom is -0.508 e. The highest BCUT2D eigenvalue weighted by molar-refractivity contribution is 5.82. The Kier molecular flexibility index (Phi) is 9.01. The number of carbonyl (C=O) groups is 1. The van der Waals surface area contributed by atoms with E-state index < -0.39 is 0 Å². The highest BCUT2D eigenvalue weighted by Gasteiger charge is 2.15. The fourth-order valence-electron chi connectivity index (χ4n) is 4.12. The average Bonchev–Trinajstić information content (AvgIpc) is 2.79. The molecule has 0 amide bonds. The van der Waals surface area contributed by atoms with Crippen molar-refractivity contribution in [2.45, 2.75) is 64.7 Å². The molecule has 1 saturated carbocycles. The van der Waals surface area contributed by atoms with Crippen molar-refractivity contribution in [2.24, 2.45) is 0 Å². The summed E-state index contributed by atoms with van der Waals surface area (Å²) < 4.78 is 10.8. The minimum absolute atomic E-state index is 0.115. The van der Waals surface area contributed by atoms with Gasteiger partial charge in [0, 0.05) is 6.42 Å². The van der Waals surface area contributed by atoms with Crippen LogP contribution in [0.5, 0.6) is 11.5 Å². The maximum Gasteiger partial charge on any atom is 0.305 e. The van der Waals surface area contributed by atoms with Crippen LogP contribution >= 0.6 is 0 Å². The van der Waals surface area contributed by atoms with Gasteiger partial charge in [0.25, 0.3) is 0 Å².